The van der Waals surface area contributed by atoms with Crippen molar-refractivity contribution in [1.82, 2.24) is 14.9 Å². The number of nitrogens with one attached hydrogen (secondary N) is 1. The van der Waals surface area contributed by atoms with Crippen LogP contribution in [0.25, 0.3) is 10.2 Å². The lowest BCUT2D eigenvalue weighted by Gasteiger charge is -2.33. The minimum Gasteiger partial charge on any atom is -0.481 e. The van der Waals surface area contributed by atoms with Crippen LogP contribution in [0.5, 0.6) is 0 Å². The summed E-state index contributed by atoms with van der Waals surface area (Å²) in [6.45, 7) is 1.57. The molecule has 4 N–H and O–H groups in total. The number of nitrogens with two attached hydrogens (primary N) is 1. The molecule has 0 bridgehead atoms. The van der Waals surface area contributed by atoms with Gasteiger partial charge in [-0.3, -0.25) is 19.0 Å². The van der Waals surface area contributed by atoms with E-state index in [-0.39, 0.29) is 36.7 Å². The van der Waals surface area contributed by atoms with Crippen molar-refractivity contribution in [2.45, 2.75) is 38.3 Å². The van der Waals surface area contributed by atoms with Crippen molar-refractivity contribution < 1.29 is 14.7 Å². The summed E-state index contributed by atoms with van der Waals surface area (Å²) in [5.41, 5.74) is 7.70. The third kappa shape index (κ3) is 5.34. The van der Waals surface area contributed by atoms with Crippen LogP contribution in [0.3, 0.4) is 0 Å². The first kappa shape index (κ1) is 24.4. The Bertz CT molecular complexity index is 1360. The van der Waals surface area contributed by atoms with Crippen LogP contribution in [-0.4, -0.2) is 52.2 Å². The fraction of sp³-hybridized carbons (Fsp3) is 0.375. The minimum absolute atomic E-state index is 0.0445. The summed E-state index contributed by atoms with van der Waals surface area (Å²) in [4.78, 5) is 43.9. The molecule has 0 saturated carbocycles. The zero-order valence-electron chi connectivity index (χ0n) is 19.1. The number of hydrogen-bond donors (Lipinski definition) is 3. The monoisotopic (exact) mass is 494 g/mol. The van der Waals surface area contributed by atoms with E-state index in [1.807, 2.05) is 17.0 Å². The van der Waals surface area contributed by atoms with Crippen LogP contribution in [0.1, 0.15) is 47.2 Å². The molecule has 1 aliphatic heterocycles. The maximum absolute atomic E-state index is 13.6. The van der Waals surface area contributed by atoms with E-state index in [0.717, 1.165) is 24.2 Å². The Hall–Kier alpha value is -3.75. The molecule has 1 amide bonds. The Balaban J connectivity index is 1.75. The quantitative estimate of drug-likeness (QED) is 0.401. The van der Waals surface area contributed by atoms with E-state index in [0.29, 0.717) is 46.8 Å². The van der Waals surface area contributed by atoms with E-state index < -0.39 is 11.9 Å². The van der Waals surface area contributed by atoms with Crippen molar-refractivity contribution in [3.63, 3.8) is 0 Å². The predicted octanol–water partition coefficient (Wildman–Crippen LogP) is 1.90. The SMILES string of the molecule is N#Cc1ccccc1Cn1c(N2CCCC(N)C2)nc2c(C(=O)NCCCC(=O)O)csc2c1=O. The molecule has 10 nitrogen and oxygen atoms in total. The molecule has 4 rings (SSSR count). The van der Waals surface area contributed by atoms with Crippen molar-refractivity contribution >= 4 is 39.4 Å². The second kappa shape index (κ2) is 10.7. The standard InChI is InChI=1S/C24H26N6O4S/c25-11-15-5-1-2-6-16(15)12-30-23(34)21-20(28-24(30)29-10-4-7-17(26)13-29)18(14-35-21)22(33)27-9-3-8-19(31)32/h1-2,5-6,14,17H,3-4,7-10,12-13,26H2,(H,27,33)(H,31,32). The van der Waals surface area contributed by atoms with E-state index in [1.54, 1.807) is 22.1 Å². The number of piperidine rings is 1. The molecule has 3 aromatic rings. The molecule has 1 saturated heterocycles. The molecular formula is C24H26N6O4S. The lowest BCUT2D eigenvalue weighted by atomic mass is 10.1. The highest BCUT2D eigenvalue weighted by Gasteiger charge is 2.25. The number of benzene rings is 1. The summed E-state index contributed by atoms with van der Waals surface area (Å²) in [5, 5.41) is 22.6. The van der Waals surface area contributed by atoms with Crippen LogP contribution >= 0.6 is 11.3 Å². The average Bonchev–Trinajstić information content (AvgIpc) is 3.28. The van der Waals surface area contributed by atoms with Gasteiger partial charge in [-0.15, -0.1) is 11.3 Å². The maximum Gasteiger partial charge on any atom is 0.303 e. The molecule has 1 atom stereocenters. The minimum atomic E-state index is -0.926. The van der Waals surface area contributed by atoms with E-state index in [4.69, 9.17) is 15.8 Å². The van der Waals surface area contributed by atoms with Gasteiger partial charge in [0.05, 0.1) is 23.7 Å². The number of aromatic nitrogens is 2. The van der Waals surface area contributed by atoms with Crippen LogP contribution < -0.4 is 21.5 Å². The van der Waals surface area contributed by atoms with Crippen molar-refractivity contribution in [2.24, 2.45) is 5.73 Å². The van der Waals surface area contributed by atoms with Gasteiger partial charge < -0.3 is 21.1 Å². The normalized spacial score (nSPS) is 15.7. The number of carbonyl (C=O) groups excluding carboxylic acids is 1. The van der Waals surface area contributed by atoms with Crippen LogP contribution in [0.15, 0.2) is 34.4 Å². The molecule has 3 heterocycles. The highest BCUT2D eigenvalue weighted by molar-refractivity contribution is 7.17. The number of rotatable bonds is 8. The first-order chi connectivity index (χ1) is 16.9. The third-order valence-corrected chi connectivity index (χ3v) is 6.92. The largest absolute Gasteiger partial charge is 0.481 e. The molecule has 0 aliphatic carbocycles. The number of aliphatic carboxylic acids is 1. The lowest BCUT2D eigenvalue weighted by molar-refractivity contribution is -0.137. The molecule has 1 aromatic carbocycles. The maximum atomic E-state index is 13.6. The highest BCUT2D eigenvalue weighted by atomic mass is 32.1. The second-order valence-electron chi connectivity index (χ2n) is 8.50. The van der Waals surface area contributed by atoms with E-state index in [1.165, 1.54) is 0 Å². The number of hydrogen-bond acceptors (Lipinski definition) is 8. The molecule has 2 aromatic heterocycles. The average molecular weight is 495 g/mol. The van der Waals surface area contributed by atoms with Crippen LogP contribution in [0.2, 0.25) is 0 Å². The molecule has 1 fully saturated rings. The third-order valence-electron chi connectivity index (χ3n) is 5.96. The van der Waals surface area contributed by atoms with Gasteiger partial charge in [0.2, 0.25) is 5.95 Å². The Labute approximate surface area is 205 Å². The number of fused-ring (bicyclic) bond motifs is 1. The summed E-state index contributed by atoms with van der Waals surface area (Å²) >= 11 is 1.14. The first-order valence-corrected chi connectivity index (χ1v) is 12.3. The highest BCUT2D eigenvalue weighted by Crippen LogP contribution is 2.26. The van der Waals surface area contributed by atoms with Crippen LogP contribution in [0.4, 0.5) is 5.95 Å². The molecule has 1 aliphatic rings. The number of carboxylic acid groups (broad SMARTS) is 1. The van der Waals surface area contributed by atoms with Crippen molar-refractivity contribution in [3.05, 3.63) is 56.7 Å². The van der Waals surface area contributed by atoms with Gasteiger partial charge in [0.1, 0.15) is 10.2 Å². The van der Waals surface area contributed by atoms with Gasteiger partial charge in [-0.05, 0) is 30.9 Å². The number of nitriles is 1. The molecule has 11 heteroatoms. The van der Waals surface area contributed by atoms with Gasteiger partial charge >= 0.3 is 5.97 Å². The van der Waals surface area contributed by atoms with Crippen LogP contribution in [-0.2, 0) is 11.3 Å². The molecule has 1 unspecified atom stereocenters. The molecule has 182 valence electrons. The number of carboxylic acids is 1. The molecule has 0 spiro atoms. The Morgan fingerprint density at radius 3 is 2.89 bits per heavy atom. The van der Waals surface area contributed by atoms with Gasteiger partial charge in [-0.25, -0.2) is 4.98 Å². The Morgan fingerprint density at radius 1 is 1.34 bits per heavy atom. The van der Waals surface area contributed by atoms with Crippen molar-refractivity contribution in [2.75, 3.05) is 24.5 Å². The number of anilines is 1. The number of thiophene rings is 1. The van der Waals surface area contributed by atoms with E-state index in [9.17, 15) is 19.6 Å². The number of carbonyl (C=O) groups is 2. The van der Waals surface area contributed by atoms with Crippen molar-refractivity contribution in [3.8, 4) is 6.07 Å². The van der Waals surface area contributed by atoms with Gasteiger partial charge in [0.25, 0.3) is 11.5 Å². The summed E-state index contributed by atoms with van der Waals surface area (Å²) in [6.07, 6.45) is 1.99. The summed E-state index contributed by atoms with van der Waals surface area (Å²) in [5.74, 6) is -0.907. The van der Waals surface area contributed by atoms with Gasteiger partial charge in [-0.1, -0.05) is 18.2 Å². The predicted molar refractivity (Wildman–Crippen MR) is 133 cm³/mol. The first-order valence-electron chi connectivity index (χ1n) is 11.4. The zero-order chi connectivity index (χ0) is 24.9. The van der Waals surface area contributed by atoms with E-state index >= 15 is 0 Å². The topological polar surface area (TPSA) is 154 Å². The molecule has 35 heavy (non-hydrogen) atoms. The number of amides is 1. The summed E-state index contributed by atoms with van der Waals surface area (Å²) in [7, 11) is 0. The number of nitrogens with zero attached hydrogens (tertiary/aromatic N) is 4. The Kier molecular flexibility index (Phi) is 7.43. The Morgan fingerprint density at radius 2 is 2.14 bits per heavy atom. The van der Waals surface area contributed by atoms with Gasteiger partial charge in [0.15, 0.2) is 0 Å². The van der Waals surface area contributed by atoms with Gasteiger partial charge in [-0.2, -0.15) is 5.26 Å². The van der Waals surface area contributed by atoms with Crippen LogP contribution in [0, 0.1) is 11.3 Å². The summed E-state index contributed by atoms with van der Waals surface area (Å²) < 4.78 is 1.90. The fourth-order valence-electron chi connectivity index (χ4n) is 4.20. The van der Waals surface area contributed by atoms with Gasteiger partial charge in [0, 0.05) is 37.5 Å². The smallest absolute Gasteiger partial charge is 0.303 e. The molecule has 0 radical (unpaired) electrons. The van der Waals surface area contributed by atoms with E-state index in [2.05, 4.69) is 11.4 Å². The fourth-order valence-corrected chi connectivity index (χ4v) is 5.13. The summed E-state index contributed by atoms with van der Waals surface area (Å²) in [6, 6.07) is 9.23. The lowest BCUT2D eigenvalue weighted by Crippen LogP contribution is -2.45. The molecular weight excluding hydrogens is 468 g/mol. The second-order valence-corrected chi connectivity index (χ2v) is 9.38. The van der Waals surface area contributed by atoms with Crippen molar-refractivity contribution in [1.29, 1.82) is 5.26 Å². The zero-order valence-corrected chi connectivity index (χ0v) is 19.9.